The Kier molecular flexibility index (Phi) is 4.54. The minimum absolute atomic E-state index is 0.195. The molecule has 0 atom stereocenters. The second kappa shape index (κ2) is 6.93. The summed E-state index contributed by atoms with van der Waals surface area (Å²) in [5.41, 5.74) is 1.93. The molecule has 1 aromatic heterocycles. The van der Waals surface area contributed by atoms with E-state index in [2.05, 4.69) is 26.0 Å². The molecule has 116 valence electrons. The number of hydrogen-bond donors (Lipinski definition) is 3. The first-order chi connectivity index (χ1) is 11.2. The molecule has 0 saturated carbocycles. The van der Waals surface area contributed by atoms with Crippen LogP contribution < -0.4 is 10.6 Å². The van der Waals surface area contributed by atoms with E-state index in [9.17, 15) is 4.79 Å². The van der Waals surface area contributed by atoms with Crippen LogP contribution in [0.1, 0.15) is 16.1 Å². The van der Waals surface area contributed by atoms with E-state index in [1.807, 2.05) is 36.4 Å². The van der Waals surface area contributed by atoms with Crippen LogP contribution in [0.2, 0.25) is 5.02 Å². The highest BCUT2D eigenvalue weighted by molar-refractivity contribution is 6.30. The van der Waals surface area contributed by atoms with Gasteiger partial charge in [0, 0.05) is 17.3 Å². The van der Waals surface area contributed by atoms with E-state index in [0.29, 0.717) is 17.4 Å². The summed E-state index contributed by atoms with van der Waals surface area (Å²) >= 11 is 5.94. The predicted molar refractivity (Wildman–Crippen MR) is 88.7 cm³/mol. The lowest BCUT2D eigenvalue weighted by molar-refractivity contribution is 0.0946. The van der Waals surface area contributed by atoms with Crippen molar-refractivity contribution in [3.8, 4) is 0 Å². The molecule has 3 aromatic rings. The molecule has 0 bridgehead atoms. The summed E-state index contributed by atoms with van der Waals surface area (Å²) in [4.78, 5) is 12.3. The van der Waals surface area contributed by atoms with Gasteiger partial charge in [0.2, 0.25) is 0 Å². The number of carbonyl (C=O) groups is 1. The summed E-state index contributed by atoms with van der Waals surface area (Å²) < 4.78 is 0. The topological polar surface area (TPSA) is 82.7 Å². The largest absolute Gasteiger partial charge is 0.346 e. The molecule has 3 rings (SSSR count). The first-order valence-corrected chi connectivity index (χ1v) is 7.35. The maximum Gasteiger partial charge on any atom is 0.275 e. The van der Waals surface area contributed by atoms with Crippen LogP contribution >= 0.6 is 11.6 Å². The zero-order valence-electron chi connectivity index (χ0n) is 12.1. The molecule has 23 heavy (non-hydrogen) atoms. The fourth-order valence-electron chi connectivity index (χ4n) is 2.04. The number of anilines is 2. The van der Waals surface area contributed by atoms with Crippen molar-refractivity contribution in [1.82, 2.24) is 20.7 Å². The van der Waals surface area contributed by atoms with Gasteiger partial charge in [0.05, 0.1) is 0 Å². The third-order valence-corrected chi connectivity index (χ3v) is 3.38. The van der Waals surface area contributed by atoms with Gasteiger partial charge in [-0.25, -0.2) is 0 Å². The fourth-order valence-corrected chi connectivity index (χ4v) is 2.23. The lowest BCUT2D eigenvalue weighted by atomic mass is 10.2. The van der Waals surface area contributed by atoms with Crippen LogP contribution in [0.3, 0.4) is 0 Å². The Labute approximate surface area is 137 Å². The van der Waals surface area contributed by atoms with Gasteiger partial charge in [-0.1, -0.05) is 48.0 Å². The number of halogens is 1. The zero-order chi connectivity index (χ0) is 16.1. The fraction of sp³-hybridized carbons (Fsp3) is 0.0625. The van der Waals surface area contributed by atoms with Gasteiger partial charge >= 0.3 is 0 Å². The Balaban J connectivity index is 1.69. The quantitative estimate of drug-likeness (QED) is 0.672. The molecule has 0 aliphatic heterocycles. The minimum atomic E-state index is -0.313. The summed E-state index contributed by atoms with van der Waals surface area (Å²) in [5.74, 6) is 0.0324. The highest BCUT2D eigenvalue weighted by Gasteiger charge is 2.16. The molecule has 6 nitrogen and oxygen atoms in total. The molecule has 3 N–H and O–H groups in total. The number of aromatic amines is 1. The van der Waals surface area contributed by atoms with Crippen molar-refractivity contribution >= 4 is 29.0 Å². The van der Waals surface area contributed by atoms with Crippen LogP contribution in [0, 0.1) is 0 Å². The van der Waals surface area contributed by atoms with Crippen molar-refractivity contribution in [2.24, 2.45) is 0 Å². The standard InChI is InChI=1S/C16H14ClN5O/c17-12-7-4-8-13(9-12)19-15-14(20-22-21-15)16(23)18-10-11-5-2-1-3-6-11/h1-9H,10H2,(H,18,23)(H2,19,20,21,22). The molecule has 0 fully saturated rings. The SMILES string of the molecule is O=C(NCc1ccccc1)c1n[nH]nc1Nc1cccc(Cl)c1. The van der Waals surface area contributed by atoms with Crippen molar-refractivity contribution in [3.05, 3.63) is 70.9 Å². The van der Waals surface area contributed by atoms with Crippen LogP contribution in [0.4, 0.5) is 11.5 Å². The number of aromatic nitrogens is 3. The predicted octanol–water partition coefficient (Wildman–Crippen LogP) is 3.13. The van der Waals surface area contributed by atoms with Crippen LogP contribution in [0.15, 0.2) is 54.6 Å². The molecule has 0 spiro atoms. The van der Waals surface area contributed by atoms with E-state index in [1.165, 1.54) is 0 Å². The zero-order valence-corrected chi connectivity index (χ0v) is 12.8. The summed E-state index contributed by atoms with van der Waals surface area (Å²) in [5, 5.41) is 16.8. The Morgan fingerprint density at radius 1 is 1.09 bits per heavy atom. The van der Waals surface area contributed by atoms with Gasteiger partial charge in [0.25, 0.3) is 5.91 Å². The van der Waals surface area contributed by atoms with Crippen LogP contribution in [0.25, 0.3) is 0 Å². The van der Waals surface area contributed by atoms with Gasteiger partial charge in [-0.05, 0) is 23.8 Å². The second-order valence-electron chi connectivity index (χ2n) is 4.82. The average Bonchev–Trinajstić information content (AvgIpc) is 3.02. The van der Waals surface area contributed by atoms with Gasteiger partial charge < -0.3 is 10.6 Å². The number of nitrogens with one attached hydrogen (secondary N) is 3. The first kappa shape index (κ1) is 15.1. The molecule has 0 radical (unpaired) electrons. The van der Waals surface area contributed by atoms with Crippen molar-refractivity contribution < 1.29 is 4.79 Å². The molecule has 1 amide bonds. The van der Waals surface area contributed by atoms with Crippen LogP contribution in [-0.4, -0.2) is 21.3 Å². The molecule has 0 unspecified atom stereocenters. The normalized spacial score (nSPS) is 10.3. The molecule has 1 heterocycles. The second-order valence-corrected chi connectivity index (χ2v) is 5.26. The Hall–Kier alpha value is -2.86. The molecule has 0 aliphatic carbocycles. The number of nitrogens with zero attached hydrogens (tertiary/aromatic N) is 2. The number of hydrogen-bond acceptors (Lipinski definition) is 4. The molecular formula is C16H14ClN5O. The van der Waals surface area contributed by atoms with Crippen molar-refractivity contribution in [2.45, 2.75) is 6.54 Å². The van der Waals surface area contributed by atoms with Gasteiger partial charge in [0.15, 0.2) is 11.5 Å². The van der Waals surface area contributed by atoms with Gasteiger partial charge in [-0.15, -0.1) is 10.2 Å². The minimum Gasteiger partial charge on any atom is -0.346 e. The third-order valence-electron chi connectivity index (χ3n) is 3.15. The molecule has 7 heteroatoms. The summed E-state index contributed by atoms with van der Waals surface area (Å²) in [6, 6.07) is 16.8. The van der Waals surface area contributed by atoms with Crippen molar-refractivity contribution in [2.75, 3.05) is 5.32 Å². The van der Waals surface area contributed by atoms with Crippen LogP contribution in [-0.2, 0) is 6.54 Å². The number of H-pyrrole nitrogens is 1. The van der Waals surface area contributed by atoms with E-state index in [1.54, 1.807) is 18.2 Å². The average molecular weight is 328 g/mol. The van der Waals surface area contributed by atoms with E-state index in [-0.39, 0.29) is 11.6 Å². The molecule has 0 saturated heterocycles. The smallest absolute Gasteiger partial charge is 0.275 e. The maximum atomic E-state index is 12.3. The maximum absolute atomic E-state index is 12.3. The Morgan fingerprint density at radius 2 is 1.91 bits per heavy atom. The lowest BCUT2D eigenvalue weighted by Crippen LogP contribution is -2.24. The highest BCUT2D eigenvalue weighted by Crippen LogP contribution is 2.20. The van der Waals surface area contributed by atoms with Crippen molar-refractivity contribution in [1.29, 1.82) is 0 Å². The number of benzene rings is 2. The number of carbonyl (C=O) groups excluding carboxylic acids is 1. The van der Waals surface area contributed by atoms with Gasteiger partial charge in [0.1, 0.15) is 0 Å². The van der Waals surface area contributed by atoms with E-state index >= 15 is 0 Å². The van der Waals surface area contributed by atoms with E-state index in [0.717, 1.165) is 11.3 Å². The lowest BCUT2D eigenvalue weighted by Gasteiger charge is -2.06. The molecular weight excluding hydrogens is 314 g/mol. The summed E-state index contributed by atoms with van der Waals surface area (Å²) in [7, 11) is 0. The number of amides is 1. The highest BCUT2D eigenvalue weighted by atomic mass is 35.5. The third kappa shape index (κ3) is 3.87. The molecule has 2 aromatic carbocycles. The van der Waals surface area contributed by atoms with E-state index in [4.69, 9.17) is 11.6 Å². The Bertz CT molecular complexity index is 803. The van der Waals surface area contributed by atoms with E-state index < -0.39 is 0 Å². The monoisotopic (exact) mass is 327 g/mol. The van der Waals surface area contributed by atoms with Crippen LogP contribution in [0.5, 0.6) is 0 Å². The molecule has 0 aliphatic rings. The summed E-state index contributed by atoms with van der Waals surface area (Å²) in [6.07, 6.45) is 0. The van der Waals surface area contributed by atoms with Crippen molar-refractivity contribution in [3.63, 3.8) is 0 Å². The number of rotatable bonds is 5. The Morgan fingerprint density at radius 3 is 2.70 bits per heavy atom. The van der Waals surface area contributed by atoms with Gasteiger partial charge in [-0.2, -0.15) is 5.21 Å². The van der Waals surface area contributed by atoms with Gasteiger partial charge in [-0.3, -0.25) is 4.79 Å². The summed E-state index contributed by atoms with van der Waals surface area (Å²) in [6.45, 7) is 0.420. The first-order valence-electron chi connectivity index (χ1n) is 6.98.